The smallest absolute Gasteiger partial charge is 0.383 e. The van der Waals surface area contributed by atoms with Gasteiger partial charge in [-0.2, -0.15) is 0 Å². The first kappa shape index (κ1) is 28.1. The van der Waals surface area contributed by atoms with Crippen LogP contribution in [0.15, 0.2) is 111 Å². The normalized spacial score (nSPS) is 11.1. The van der Waals surface area contributed by atoms with Crippen molar-refractivity contribution in [2.24, 2.45) is 0 Å². The van der Waals surface area contributed by atoms with Gasteiger partial charge in [0.05, 0.1) is 11.1 Å². The molecule has 0 fully saturated rings. The van der Waals surface area contributed by atoms with Crippen LogP contribution in [0.3, 0.4) is 0 Å². The molecule has 0 saturated carbocycles. The molecule has 0 spiro atoms. The summed E-state index contributed by atoms with van der Waals surface area (Å²) in [5, 5.41) is 0.192. The van der Waals surface area contributed by atoms with Crippen molar-refractivity contribution < 1.29 is 28.2 Å². The quantitative estimate of drug-likeness (QED) is 0.119. The minimum atomic E-state index is -0.972. The maximum Gasteiger partial charge on any atom is 0.383 e. The van der Waals surface area contributed by atoms with Crippen LogP contribution in [0.5, 0.6) is 17.2 Å². The second-order valence-corrected chi connectivity index (χ2v) is 9.37. The Morgan fingerprint density at radius 3 is 1.95 bits per heavy atom. The Balaban J connectivity index is 1.74. The topological polar surface area (TPSA) is 92.0 Å². The molecule has 1 aromatic heterocycles. The zero-order chi connectivity index (χ0) is 28.5. The monoisotopic (exact) mass is 538 g/mol. The molecule has 7 heteroatoms. The zero-order valence-corrected chi connectivity index (χ0v) is 22.6. The summed E-state index contributed by atoms with van der Waals surface area (Å²) >= 11 is 0. The number of hydrogen-bond donors (Lipinski definition) is 0. The highest BCUT2D eigenvalue weighted by Crippen LogP contribution is 2.39. The largest absolute Gasteiger partial charge is 0.489 e. The molecule has 0 atom stereocenters. The Bertz CT molecular complexity index is 1610. The fourth-order valence-electron chi connectivity index (χ4n) is 3.89. The van der Waals surface area contributed by atoms with Crippen LogP contribution in [-0.2, 0) is 0 Å². The SMILES string of the molecule is CC(C)=CCC/C(C)=C/COc1cccc2oc(=O)c(OC(=O)c3ccccc3)c(OC(=O)c3ccccc3)c12. The summed E-state index contributed by atoms with van der Waals surface area (Å²) in [5.41, 5.74) is 2.01. The van der Waals surface area contributed by atoms with Crippen LogP contribution in [0.1, 0.15) is 54.3 Å². The third kappa shape index (κ3) is 7.14. The summed E-state index contributed by atoms with van der Waals surface area (Å²) in [6.07, 6.45) is 5.96. The molecule has 204 valence electrons. The molecular weight excluding hydrogens is 508 g/mol. The molecule has 0 amide bonds. The average Bonchev–Trinajstić information content (AvgIpc) is 2.95. The van der Waals surface area contributed by atoms with Crippen molar-refractivity contribution in [2.45, 2.75) is 33.6 Å². The highest BCUT2D eigenvalue weighted by molar-refractivity contribution is 5.99. The number of carbonyl (C=O) groups is 2. The number of ether oxygens (including phenoxy) is 3. The summed E-state index contributed by atoms with van der Waals surface area (Å²) in [6.45, 7) is 6.38. The van der Waals surface area contributed by atoms with E-state index >= 15 is 0 Å². The summed E-state index contributed by atoms with van der Waals surface area (Å²) in [4.78, 5) is 39.0. The van der Waals surface area contributed by atoms with Crippen LogP contribution < -0.4 is 19.8 Å². The minimum Gasteiger partial charge on any atom is -0.489 e. The van der Waals surface area contributed by atoms with E-state index in [0.717, 1.165) is 18.4 Å². The van der Waals surface area contributed by atoms with Gasteiger partial charge in [0.1, 0.15) is 23.3 Å². The van der Waals surface area contributed by atoms with Gasteiger partial charge in [0.15, 0.2) is 5.75 Å². The lowest BCUT2D eigenvalue weighted by atomic mass is 10.1. The van der Waals surface area contributed by atoms with Crippen LogP contribution in [0, 0.1) is 0 Å². The van der Waals surface area contributed by atoms with E-state index in [1.165, 1.54) is 5.57 Å². The third-order valence-electron chi connectivity index (χ3n) is 5.98. The number of esters is 2. The van der Waals surface area contributed by atoms with Crippen LogP contribution in [0.25, 0.3) is 11.0 Å². The van der Waals surface area contributed by atoms with Crippen molar-refractivity contribution in [3.8, 4) is 17.2 Å². The summed E-state index contributed by atoms with van der Waals surface area (Å²) in [6, 6.07) is 21.3. The van der Waals surface area contributed by atoms with E-state index in [-0.39, 0.29) is 34.5 Å². The molecular formula is C33H30O7. The minimum absolute atomic E-state index is 0.113. The average molecular weight is 539 g/mol. The van der Waals surface area contributed by atoms with Gasteiger partial charge in [-0.25, -0.2) is 14.4 Å². The van der Waals surface area contributed by atoms with E-state index in [9.17, 15) is 14.4 Å². The lowest BCUT2D eigenvalue weighted by Crippen LogP contribution is -2.18. The first-order valence-electron chi connectivity index (χ1n) is 12.9. The Kier molecular flexibility index (Phi) is 9.31. The Morgan fingerprint density at radius 1 is 0.750 bits per heavy atom. The first-order chi connectivity index (χ1) is 19.3. The van der Waals surface area contributed by atoms with Gasteiger partial charge in [-0.3, -0.25) is 0 Å². The van der Waals surface area contributed by atoms with Crippen molar-refractivity contribution in [2.75, 3.05) is 6.61 Å². The lowest BCUT2D eigenvalue weighted by molar-refractivity contribution is 0.0678. The molecule has 0 aliphatic heterocycles. The predicted octanol–water partition coefficient (Wildman–Crippen LogP) is 7.30. The molecule has 0 bridgehead atoms. The van der Waals surface area contributed by atoms with Gasteiger partial charge in [-0.15, -0.1) is 0 Å². The van der Waals surface area contributed by atoms with Gasteiger partial charge in [-0.1, -0.05) is 59.7 Å². The number of hydrogen-bond acceptors (Lipinski definition) is 7. The maximum atomic E-state index is 13.1. The molecule has 0 N–H and O–H groups in total. The standard InChI is InChI=1S/C33H30O7/c1-22(2)12-10-13-23(3)20-21-37-26-18-11-19-27-28(26)29(39-31(34)24-14-6-4-7-15-24)30(33(36)38-27)40-32(35)25-16-8-5-9-17-25/h4-9,11-12,14-20H,10,13,21H2,1-3H3/b23-20+. The molecule has 7 nitrogen and oxygen atoms in total. The van der Waals surface area contributed by atoms with Crippen molar-refractivity contribution in [1.29, 1.82) is 0 Å². The van der Waals surface area contributed by atoms with Crippen LogP contribution >= 0.6 is 0 Å². The van der Waals surface area contributed by atoms with Gasteiger partial charge in [-0.05, 0) is 76.1 Å². The van der Waals surface area contributed by atoms with Gasteiger partial charge in [0, 0.05) is 0 Å². The van der Waals surface area contributed by atoms with Crippen molar-refractivity contribution >= 4 is 22.9 Å². The fraction of sp³-hybridized carbons (Fsp3) is 0.182. The third-order valence-corrected chi connectivity index (χ3v) is 5.98. The number of allylic oxidation sites excluding steroid dienone is 3. The summed E-state index contributed by atoms with van der Waals surface area (Å²) < 4.78 is 22.7. The Labute approximate surface area is 232 Å². The molecule has 0 saturated heterocycles. The number of fused-ring (bicyclic) bond motifs is 1. The maximum absolute atomic E-state index is 13.1. The molecule has 4 aromatic rings. The van der Waals surface area contributed by atoms with Crippen LogP contribution in [0.4, 0.5) is 0 Å². The lowest BCUT2D eigenvalue weighted by Gasteiger charge is -2.14. The molecule has 40 heavy (non-hydrogen) atoms. The molecule has 4 rings (SSSR count). The van der Waals surface area contributed by atoms with E-state index in [1.807, 2.05) is 13.0 Å². The van der Waals surface area contributed by atoms with Crippen LogP contribution in [0.2, 0.25) is 0 Å². The first-order valence-corrected chi connectivity index (χ1v) is 12.9. The summed E-state index contributed by atoms with van der Waals surface area (Å²) in [5.74, 6) is -2.06. The molecule has 0 radical (unpaired) electrons. The van der Waals surface area contributed by atoms with Crippen molar-refractivity contribution in [3.05, 3.63) is 124 Å². The van der Waals surface area contributed by atoms with Gasteiger partial charge < -0.3 is 18.6 Å². The molecule has 0 aliphatic carbocycles. The Morgan fingerprint density at radius 2 is 1.35 bits per heavy atom. The van der Waals surface area contributed by atoms with E-state index < -0.39 is 23.3 Å². The number of carbonyl (C=O) groups excluding carboxylic acids is 2. The second-order valence-electron chi connectivity index (χ2n) is 9.37. The van der Waals surface area contributed by atoms with Crippen molar-refractivity contribution in [3.63, 3.8) is 0 Å². The molecule has 3 aromatic carbocycles. The van der Waals surface area contributed by atoms with Gasteiger partial charge in [0.2, 0.25) is 0 Å². The fourth-order valence-corrected chi connectivity index (χ4v) is 3.89. The zero-order valence-electron chi connectivity index (χ0n) is 22.6. The van der Waals surface area contributed by atoms with E-state index in [1.54, 1.807) is 78.9 Å². The molecule has 1 heterocycles. The molecule has 0 aliphatic rings. The number of rotatable bonds is 10. The summed E-state index contributed by atoms with van der Waals surface area (Å²) in [7, 11) is 0. The predicted molar refractivity (Wildman–Crippen MR) is 153 cm³/mol. The van der Waals surface area contributed by atoms with E-state index in [0.29, 0.717) is 5.75 Å². The highest BCUT2D eigenvalue weighted by Gasteiger charge is 2.26. The number of benzene rings is 3. The van der Waals surface area contributed by atoms with Gasteiger partial charge >= 0.3 is 17.6 Å². The van der Waals surface area contributed by atoms with Gasteiger partial charge in [0.25, 0.3) is 5.75 Å². The second kappa shape index (κ2) is 13.2. The highest BCUT2D eigenvalue weighted by atomic mass is 16.6. The Hall–Kier alpha value is -4.91. The van der Waals surface area contributed by atoms with E-state index in [4.69, 9.17) is 18.6 Å². The van der Waals surface area contributed by atoms with Crippen LogP contribution in [-0.4, -0.2) is 18.5 Å². The van der Waals surface area contributed by atoms with E-state index in [2.05, 4.69) is 19.9 Å². The molecule has 0 unspecified atom stereocenters. The van der Waals surface area contributed by atoms with Crippen molar-refractivity contribution in [1.82, 2.24) is 0 Å².